The van der Waals surface area contributed by atoms with Crippen molar-refractivity contribution in [3.63, 3.8) is 0 Å². The monoisotopic (exact) mass is 334 g/mol. The van der Waals surface area contributed by atoms with Gasteiger partial charge in [-0.2, -0.15) is 0 Å². The third-order valence-corrected chi connectivity index (χ3v) is 4.37. The van der Waals surface area contributed by atoms with E-state index in [1.165, 1.54) is 0 Å². The largest absolute Gasteiger partial charge is 0.350 e. The molecule has 0 bridgehead atoms. The van der Waals surface area contributed by atoms with E-state index in [2.05, 4.69) is 5.32 Å². The Hall–Kier alpha value is -2.88. The minimum absolute atomic E-state index is 0.0807. The molecule has 0 aliphatic carbocycles. The number of hydrogen-bond donors (Lipinski definition) is 1. The van der Waals surface area contributed by atoms with Crippen molar-refractivity contribution in [2.45, 2.75) is 25.4 Å². The van der Waals surface area contributed by atoms with Crippen LogP contribution in [0.15, 0.2) is 66.7 Å². The van der Waals surface area contributed by atoms with Crippen LogP contribution in [0.2, 0.25) is 0 Å². The fraction of sp³-hybridized carbons (Fsp3) is 0.238. The van der Waals surface area contributed by atoms with Crippen molar-refractivity contribution in [2.75, 3.05) is 6.54 Å². The topological polar surface area (TPSA) is 49.4 Å². The summed E-state index contributed by atoms with van der Waals surface area (Å²) in [6.07, 6.45) is 4.91. The van der Waals surface area contributed by atoms with Crippen LogP contribution in [-0.2, 0) is 16.1 Å². The predicted molar refractivity (Wildman–Crippen MR) is 98.5 cm³/mol. The van der Waals surface area contributed by atoms with Crippen molar-refractivity contribution in [3.8, 4) is 0 Å². The number of amides is 2. The molecule has 1 aliphatic heterocycles. The molecule has 0 radical (unpaired) electrons. The number of nitrogens with zero attached hydrogens (tertiary/aromatic N) is 1. The Morgan fingerprint density at radius 1 is 1.04 bits per heavy atom. The number of hydrogen-bond acceptors (Lipinski definition) is 2. The van der Waals surface area contributed by atoms with Gasteiger partial charge in [-0.3, -0.25) is 9.59 Å². The molecule has 25 heavy (non-hydrogen) atoms. The average molecular weight is 334 g/mol. The van der Waals surface area contributed by atoms with Crippen LogP contribution >= 0.6 is 0 Å². The number of benzene rings is 2. The first-order chi connectivity index (χ1) is 12.2. The maximum absolute atomic E-state index is 12.5. The van der Waals surface area contributed by atoms with Gasteiger partial charge in [0.15, 0.2) is 0 Å². The summed E-state index contributed by atoms with van der Waals surface area (Å²) < 4.78 is 0. The first-order valence-electron chi connectivity index (χ1n) is 8.59. The second-order valence-corrected chi connectivity index (χ2v) is 6.14. The Labute approximate surface area is 148 Å². The number of carbonyl (C=O) groups is 2. The molecule has 0 spiro atoms. The fourth-order valence-electron chi connectivity index (χ4n) is 3.03. The lowest BCUT2D eigenvalue weighted by Gasteiger charge is -2.22. The van der Waals surface area contributed by atoms with E-state index in [-0.39, 0.29) is 17.9 Å². The van der Waals surface area contributed by atoms with E-state index >= 15 is 0 Å². The molecule has 2 aromatic carbocycles. The van der Waals surface area contributed by atoms with Gasteiger partial charge in [0.2, 0.25) is 11.8 Å². The van der Waals surface area contributed by atoms with Gasteiger partial charge in [-0.1, -0.05) is 60.7 Å². The van der Waals surface area contributed by atoms with Crippen LogP contribution in [0.25, 0.3) is 6.08 Å². The number of rotatable bonds is 5. The van der Waals surface area contributed by atoms with Crippen LogP contribution in [0.5, 0.6) is 0 Å². The molecule has 0 unspecified atom stereocenters. The number of carbonyl (C=O) groups excluding carboxylic acids is 2. The van der Waals surface area contributed by atoms with Crippen molar-refractivity contribution in [1.29, 1.82) is 0 Å². The van der Waals surface area contributed by atoms with Crippen LogP contribution in [0.4, 0.5) is 0 Å². The molecule has 1 fully saturated rings. The summed E-state index contributed by atoms with van der Waals surface area (Å²) in [5.74, 6) is -0.191. The van der Waals surface area contributed by atoms with Crippen LogP contribution in [-0.4, -0.2) is 29.3 Å². The molecule has 4 nitrogen and oxygen atoms in total. The molecule has 3 rings (SSSR count). The molecule has 0 aromatic heterocycles. The lowest BCUT2D eigenvalue weighted by Crippen LogP contribution is -2.45. The summed E-state index contributed by atoms with van der Waals surface area (Å²) in [5, 5.41) is 2.94. The van der Waals surface area contributed by atoms with E-state index in [1.807, 2.05) is 60.7 Å². The highest BCUT2D eigenvalue weighted by atomic mass is 16.2. The van der Waals surface area contributed by atoms with Gasteiger partial charge in [-0.05, 0) is 30.0 Å². The third-order valence-electron chi connectivity index (χ3n) is 4.37. The highest BCUT2D eigenvalue weighted by Gasteiger charge is 2.32. The quantitative estimate of drug-likeness (QED) is 0.855. The van der Waals surface area contributed by atoms with Gasteiger partial charge in [0.25, 0.3) is 0 Å². The summed E-state index contributed by atoms with van der Waals surface area (Å²) in [7, 11) is 0. The van der Waals surface area contributed by atoms with E-state index in [1.54, 1.807) is 17.1 Å². The van der Waals surface area contributed by atoms with Gasteiger partial charge in [0.1, 0.15) is 6.04 Å². The van der Waals surface area contributed by atoms with Crippen molar-refractivity contribution in [1.82, 2.24) is 10.2 Å². The fourth-order valence-corrected chi connectivity index (χ4v) is 3.03. The van der Waals surface area contributed by atoms with Crippen molar-refractivity contribution in [3.05, 3.63) is 77.9 Å². The van der Waals surface area contributed by atoms with E-state index < -0.39 is 0 Å². The van der Waals surface area contributed by atoms with Gasteiger partial charge in [-0.15, -0.1) is 0 Å². The van der Waals surface area contributed by atoms with Gasteiger partial charge in [0, 0.05) is 19.2 Å². The van der Waals surface area contributed by atoms with Gasteiger partial charge in [-0.25, -0.2) is 0 Å². The normalized spacial score (nSPS) is 17.0. The molecule has 1 saturated heterocycles. The van der Waals surface area contributed by atoms with E-state index in [0.29, 0.717) is 19.5 Å². The zero-order chi connectivity index (χ0) is 17.5. The van der Waals surface area contributed by atoms with Crippen molar-refractivity contribution < 1.29 is 9.59 Å². The maximum Gasteiger partial charge on any atom is 0.247 e. The Morgan fingerprint density at radius 3 is 2.44 bits per heavy atom. The van der Waals surface area contributed by atoms with E-state index in [0.717, 1.165) is 17.5 Å². The summed E-state index contributed by atoms with van der Waals surface area (Å²) >= 11 is 0. The molecule has 1 N–H and O–H groups in total. The Kier molecular flexibility index (Phi) is 5.62. The number of likely N-dealkylation sites (tertiary alicyclic amines) is 1. The van der Waals surface area contributed by atoms with E-state index in [9.17, 15) is 9.59 Å². The smallest absolute Gasteiger partial charge is 0.247 e. The highest BCUT2D eigenvalue weighted by Crippen LogP contribution is 2.18. The Bertz CT molecular complexity index is 741. The molecular formula is C21H22N2O2. The molecule has 1 heterocycles. The minimum Gasteiger partial charge on any atom is -0.350 e. The summed E-state index contributed by atoms with van der Waals surface area (Å²) in [6, 6.07) is 19.1. The van der Waals surface area contributed by atoms with Crippen LogP contribution < -0.4 is 5.32 Å². The maximum atomic E-state index is 12.5. The van der Waals surface area contributed by atoms with Crippen LogP contribution in [0.1, 0.15) is 24.0 Å². The van der Waals surface area contributed by atoms with Gasteiger partial charge < -0.3 is 10.2 Å². The standard InChI is InChI=1S/C21H22N2O2/c24-20(14-13-17-8-3-1-4-9-17)23-15-7-12-19(23)21(25)22-16-18-10-5-2-6-11-18/h1-6,8-11,13-14,19H,7,12,15-16H2,(H,22,25)/b14-13+/t19-/m0/s1. The van der Waals surface area contributed by atoms with Gasteiger partial charge >= 0.3 is 0 Å². The van der Waals surface area contributed by atoms with Crippen LogP contribution in [0.3, 0.4) is 0 Å². The zero-order valence-corrected chi connectivity index (χ0v) is 14.1. The summed E-state index contributed by atoms with van der Waals surface area (Å²) in [4.78, 5) is 26.6. The first kappa shape index (κ1) is 17.0. The van der Waals surface area contributed by atoms with E-state index in [4.69, 9.17) is 0 Å². The van der Waals surface area contributed by atoms with Crippen LogP contribution in [0, 0.1) is 0 Å². The molecular weight excluding hydrogens is 312 g/mol. The Balaban J connectivity index is 1.58. The Morgan fingerprint density at radius 2 is 1.72 bits per heavy atom. The number of nitrogens with one attached hydrogen (secondary N) is 1. The average Bonchev–Trinajstić information content (AvgIpc) is 3.16. The third kappa shape index (κ3) is 4.57. The second kappa shape index (κ2) is 8.29. The zero-order valence-electron chi connectivity index (χ0n) is 14.1. The molecule has 1 aliphatic rings. The summed E-state index contributed by atoms with van der Waals surface area (Å²) in [6.45, 7) is 1.11. The lowest BCUT2D eigenvalue weighted by molar-refractivity contribution is -0.135. The summed E-state index contributed by atoms with van der Waals surface area (Å²) in [5.41, 5.74) is 2.02. The van der Waals surface area contributed by atoms with Gasteiger partial charge in [0.05, 0.1) is 0 Å². The first-order valence-corrected chi connectivity index (χ1v) is 8.59. The molecule has 128 valence electrons. The molecule has 2 amide bonds. The lowest BCUT2D eigenvalue weighted by atomic mass is 10.1. The minimum atomic E-state index is -0.378. The second-order valence-electron chi connectivity index (χ2n) is 6.14. The molecule has 4 heteroatoms. The SMILES string of the molecule is O=C(NCc1ccccc1)[C@@H]1CCCN1C(=O)/C=C/c1ccccc1. The highest BCUT2D eigenvalue weighted by molar-refractivity contribution is 5.96. The predicted octanol–water partition coefficient (Wildman–Crippen LogP) is 3.01. The molecule has 1 atom stereocenters. The van der Waals surface area contributed by atoms with Crippen molar-refractivity contribution in [2.24, 2.45) is 0 Å². The molecule has 2 aromatic rings. The van der Waals surface area contributed by atoms with Crippen molar-refractivity contribution >= 4 is 17.9 Å². The molecule has 0 saturated carbocycles.